The van der Waals surface area contributed by atoms with E-state index >= 15 is 0 Å². The predicted molar refractivity (Wildman–Crippen MR) is 193 cm³/mol. The summed E-state index contributed by atoms with van der Waals surface area (Å²) in [6.07, 6.45) is 43.8. The van der Waals surface area contributed by atoms with Crippen LogP contribution in [0.4, 0.5) is 8.63 Å². The average Bonchev–Trinajstić information content (AvgIpc) is 3.81. The summed E-state index contributed by atoms with van der Waals surface area (Å²) in [5.41, 5.74) is 1.81. The van der Waals surface area contributed by atoms with Crippen molar-refractivity contribution in [2.45, 2.75) is 126 Å². The maximum absolute atomic E-state index is 11.6. The van der Waals surface area contributed by atoms with E-state index in [1.807, 2.05) is 0 Å². The molecule has 0 aromatic carbocycles. The second kappa shape index (κ2) is 29.5. The molecule has 0 bridgehead atoms. The molecule has 0 saturated heterocycles. The summed E-state index contributed by atoms with van der Waals surface area (Å²) in [6.45, 7) is 0. The molecule has 0 N–H and O–H groups in total. The summed E-state index contributed by atoms with van der Waals surface area (Å²) in [7, 11) is 9.68. The van der Waals surface area contributed by atoms with Crippen molar-refractivity contribution in [3.63, 3.8) is 0 Å². The maximum Gasteiger partial charge on any atom is 0.357 e. The molecule has 4 aliphatic carbocycles. The Bertz CT molecular complexity index is 616. The minimum absolute atomic E-state index is 0.306. The van der Waals surface area contributed by atoms with Gasteiger partial charge in [0.05, 0.1) is 0 Å². The quantitative estimate of drug-likeness (QED) is 0.0984. The van der Waals surface area contributed by atoms with Crippen LogP contribution in [0.3, 0.4) is 0 Å². The topological polar surface area (TPSA) is 0 Å². The molecule has 0 aromatic rings. The van der Waals surface area contributed by atoms with E-state index in [1.54, 1.807) is 0 Å². The van der Waals surface area contributed by atoms with E-state index in [0.717, 1.165) is 93.4 Å². The van der Waals surface area contributed by atoms with Gasteiger partial charge in [-0.15, -0.1) is 73.2 Å². The molecule has 0 aromatic heterocycles. The minimum Gasteiger partial charge on any atom is -0.342 e. The van der Waals surface area contributed by atoms with Gasteiger partial charge in [0.25, 0.3) is 0 Å². The van der Waals surface area contributed by atoms with Gasteiger partial charge in [0, 0.05) is 12.3 Å². The van der Waals surface area contributed by atoms with Gasteiger partial charge in [-0.2, -0.15) is 0 Å². The molecule has 40 heavy (non-hydrogen) atoms. The second-order valence-corrected chi connectivity index (χ2v) is 15.8. The lowest BCUT2D eigenvalue weighted by Gasteiger charge is -2.13. The van der Waals surface area contributed by atoms with Crippen LogP contribution in [0.1, 0.15) is 103 Å². The Hall–Kier alpha value is 0.390. The van der Waals surface area contributed by atoms with Crippen molar-refractivity contribution >= 4 is 50.8 Å². The molecule has 8 atom stereocenters. The third kappa shape index (κ3) is 21.1. The lowest BCUT2D eigenvalue weighted by molar-refractivity contribution is 0.545. The van der Waals surface area contributed by atoms with Crippen LogP contribution >= 0.6 is 35.6 Å². The van der Waals surface area contributed by atoms with Crippen LogP contribution in [0.5, 0.6) is 0 Å². The maximum atomic E-state index is 11.6. The summed E-state index contributed by atoms with van der Waals surface area (Å²) < 4.78 is 23.1. The molecule has 2 radical (unpaired) electrons. The van der Waals surface area contributed by atoms with Crippen LogP contribution in [-0.4, -0.2) is 51.1 Å². The molecule has 224 valence electrons. The zero-order valence-corrected chi connectivity index (χ0v) is 29.3. The van der Waals surface area contributed by atoms with Gasteiger partial charge in [0.15, 0.2) is 0 Å². The molecule has 4 fully saturated rings. The summed E-state index contributed by atoms with van der Waals surface area (Å²) in [6, 6.07) is 0. The fraction of sp³-hybridized carbons (Fsp3) is 0.812. The van der Waals surface area contributed by atoms with Crippen molar-refractivity contribution in [1.29, 1.82) is 0 Å². The first-order valence-corrected chi connectivity index (χ1v) is 19.7. The highest BCUT2D eigenvalue weighted by atomic mass is 31.1. The molecule has 0 amide bonds. The molecule has 0 heterocycles. The van der Waals surface area contributed by atoms with Crippen LogP contribution in [0, 0.1) is 49.4 Å². The van der Waals surface area contributed by atoms with Gasteiger partial charge >= 0.3 is 15.1 Å². The van der Waals surface area contributed by atoms with Crippen molar-refractivity contribution in [3.05, 3.63) is 0 Å². The molecule has 4 rings (SSSR count). The Morgan fingerprint density at radius 1 is 0.600 bits per heavy atom. The van der Waals surface area contributed by atoms with Crippen molar-refractivity contribution in [2.75, 3.05) is 24.6 Å². The summed E-state index contributed by atoms with van der Waals surface area (Å²) >= 11 is 0. The Balaban J connectivity index is 0.000000510. The fourth-order valence-electron chi connectivity index (χ4n) is 5.91. The molecule has 0 nitrogen and oxygen atoms in total. The molecular formula is C32H56B2F2P4. The highest BCUT2D eigenvalue weighted by Crippen LogP contribution is 2.36. The van der Waals surface area contributed by atoms with Gasteiger partial charge in [-0.05, 0) is 85.6 Å². The van der Waals surface area contributed by atoms with E-state index in [1.165, 1.54) is 89.4 Å². The third-order valence-electron chi connectivity index (χ3n) is 8.43. The van der Waals surface area contributed by atoms with Crippen molar-refractivity contribution < 1.29 is 8.63 Å². The first-order chi connectivity index (χ1) is 19.5. The monoisotopic (exact) mass is 624 g/mol. The molecule has 8 heteroatoms. The first-order valence-electron chi connectivity index (χ1n) is 15.6. The third-order valence-corrected chi connectivity index (χ3v) is 12.4. The number of rotatable bonds is 10. The Kier molecular flexibility index (Phi) is 29.7. The highest BCUT2D eigenvalue weighted by Gasteiger charge is 2.23. The predicted octanol–water partition coefficient (Wildman–Crippen LogP) is 9.59. The summed E-state index contributed by atoms with van der Waals surface area (Å²) in [5, 5.41) is 0. The Morgan fingerprint density at radius 2 is 0.950 bits per heavy atom. The van der Waals surface area contributed by atoms with Gasteiger partial charge in [-0.1, -0.05) is 64.2 Å². The van der Waals surface area contributed by atoms with E-state index in [4.69, 9.17) is 12.8 Å². The van der Waals surface area contributed by atoms with Crippen LogP contribution in [-0.2, 0) is 0 Å². The van der Waals surface area contributed by atoms with E-state index in [-0.39, 0.29) is 0 Å². The zero-order chi connectivity index (χ0) is 29.8. The average molecular weight is 624 g/mol. The van der Waals surface area contributed by atoms with Crippen LogP contribution < -0.4 is 0 Å². The molecular weight excluding hydrogens is 568 g/mol. The molecule has 0 spiro atoms. The normalized spacial score (nSPS) is 25.9. The number of halogens is 2. The molecule has 0 aliphatic heterocycles. The van der Waals surface area contributed by atoms with Crippen molar-refractivity contribution in [2.24, 2.45) is 11.8 Å². The second-order valence-electron chi connectivity index (χ2n) is 11.4. The molecule has 8 unspecified atom stereocenters. The van der Waals surface area contributed by atoms with Gasteiger partial charge in [0.1, 0.15) is 0 Å². The lowest BCUT2D eigenvalue weighted by atomic mass is 9.82. The minimum atomic E-state index is 0.306. The van der Waals surface area contributed by atoms with Crippen LogP contribution in [0.25, 0.3) is 0 Å². The smallest absolute Gasteiger partial charge is 0.342 e. The number of terminal acetylenes is 3. The van der Waals surface area contributed by atoms with Gasteiger partial charge in [-0.3, -0.25) is 0 Å². The number of hydrogen-bond acceptors (Lipinski definition) is 0. The highest BCUT2D eigenvalue weighted by molar-refractivity contribution is 7.38. The lowest BCUT2D eigenvalue weighted by Crippen LogP contribution is -2.06. The zero-order valence-electron chi connectivity index (χ0n) is 25.0. The van der Waals surface area contributed by atoms with Crippen LogP contribution in [0.15, 0.2) is 0 Å². The van der Waals surface area contributed by atoms with E-state index in [9.17, 15) is 8.63 Å². The van der Waals surface area contributed by atoms with E-state index in [0.29, 0.717) is 11.6 Å². The van der Waals surface area contributed by atoms with Gasteiger partial charge < -0.3 is 8.63 Å². The van der Waals surface area contributed by atoms with Gasteiger partial charge in [0.2, 0.25) is 0 Å². The molecule has 4 aliphatic rings. The van der Waals surface area contributed by atoms with Crippen molar-refractivity contribution in [1.82, 2.24) is 0 Å². The first kappa shape index (κ1) is 40.4. The summed E-state index contributed by atoms with van der Waals surface area (Å²) in [5.74, 6) is 8.01. The van der Waals surface area contributed by atoms with E-state index in [2.05, 4.69) is 43.2 Å². The van der Waals surface area contributed by atoms with Gasteiger partial charge in [-0.25, -0.2) is 0 Å². The largest absolute Gasteiger partial charge is 0.357 e. The van der Waals surface area contributed by atoms with E-state index < -0.39 is 0 Å². The standard InChI is InChI=1S/2C10H18P2.2C5H9BF.C2H2/c2*1-2-7-12-8-6-9-4-3-5-10(9)11;2*7-6-5-3-1-2-4-5;1-2/h2*1,9-10,12H,3-8,11H2;2*5H,1-4H2;1-2H. The van der Waals surface area contributed by atoms with Crippen molar-refractivity contribution in [3.8, 4) is 37.5 Å². The summed E-state index contributed by atoms with van der Waals surface area (Å²) in [4.78, 5) is 0. The Morgan fingerprint density at radius 3 is 1.18 bits per heavy atom. The fourth-order valence-corrected chi connectivity index (χ4v) is 8.94. The Labute approximate surface area is 258 Å². The number of hydrogen-bond donors (Lipinski definition) is 0. The van der Waals surface area contributed by atoms with Crippen LogP contribution in [0.2, 0.25) is 11.6 Å². The SMILES string of the molecule is C#C.C#CCPCCC1CCCC1P.C#CCPCCC1CCCC1P.F[B]C1CCCC1.F[B]C1CCCC1. The molecule has 4 saturated carbocycles.